The molecule has 0 bridgehead atoms. The minimum atomic E-state index is 0.479. The van der Waals surface area contributed by atoms with Crippen molar-refractivity contribution in [2.75, 3.05) is 0 Å². The molecule has 1 rings (SSSR count). The lowest BCUT2D eigenvalue weighted by atomic mass is 9.77. The Labute approximate surface area is 133 Å². The molecule has 0 aromatic rings. The van der Waals surface area contributed by atoms with Crippen LogP contribution in [-0.2, 0) is 0 Å². The molecule has 0 aromatic carbocycles. The summed E-state index contributed by atoms with van der Waals surface area (Å²) in [6, 6.07) is 0. The Morgan fingerprint density at radius 1 is 0.750 bits per heavy atom. The number of halogens is 1. The molecule has 20 heavy (non-hydrogen) atoms. The van der Waals surface area contributed by atoms with Crippen molar-refractivity contribution < 1.29 is 0 Å². The lowest BCUT2D eigenvalue weighted by Gasteiger charge is -2.33. The second-order valence-corrected chi connectivity index (χ2v) is 7.57. The van der Waals surface area contributed by atoms with Gasteiger partial charge in [-0.1, -0.05) is 78.1 Å². The van der Waals surface area contributed by atoms with Crippen LogP contribution >= 0.6 is 11.6 Å². The van der Waals surface area contributed by atoms with Crippen molar-refractivity contribution in [3.8, 4) is 0 Å². The number of hydrogen-bond acceptors (Lipinski definition) is 0. The maximum Gasteiger partial charge on any atom is 0.0364 e. The molecule has 1 fully saturated rings. The normalized spacial score (nSPS) is 26.9. The van der Waals surface area contributed by atoms with E-state index in [1.807, 2.05) is 0 Å². The predicted molar refractivity (Wildman–Crippen MR) is 92.6 cm³/mol. The van der Waals surface area contributed by atoms with Crippen LogP contribution in [0.5, 0.6) is 0 Å². The van der Waals surface area contributed by atoms with E-state index >= 15 is 0 Å². The fourth-order valence-electron chi connectivity index (χ4n) is 3.83. The second kappa shape index (κ2) is 11.9. The highest BCUT2D eigenvalue weighted by atomic mass is 35.5. The van der Waals surface area contributed by atoms with Gasteiger partial charge in [0.15, 0.2) is 0 Å². The van der Waals surface area contributed by atoms with Crippen LogP contribution < -0.4 is 0 Å². The van der Waals surface area contributed by atoms with E-state index in [1.54, 1.807) is 0 Å². The predicted octanol–water partition coefficient (Wildman–Crippen LogP) is 7.34. The first kappa shape index (κ1) is 18.3. The number of rotatable bonds is 11. The minimum Gasteiger partial charge on any atom is -0.123 e. The number of unbranched alkanes of at least 4 members (excludes halogenated alkanes) is 7. The van der Waals surface area contributed by atoms with Crippen molar-refractivity contribution in [2.24, 2.45) is 11.8 Å². The van der Waals surface area contributed by atoms with Crippen molar-refractivity contribution in [3.05, 3.63) is 0 Å². The summed E-state index contributed by atoms with van der Waals surface area (Å²) in [4.78, 5) is 0. The van der Waals surface area contributed by atoms with E-state index < -0.39 is 0 Å². The van der Waals surface area contributed by atoms with E-state index in [1.165, 1.54) is 89.9 Å². The summed E-state index contributed by atoms with van der Waals surface area (Å²) in [7, 11) is 0. The maximum absolute atomic E-state index is 6.55. The van der Waals surface area contributed by atoms with E-state index in [0.717, 1.165) is 11.8 Å². The first-order chi connectivity index (χ1) is 9.77. The van der Waals surface area contributed by atoms with E-state index in [0.29, 0.717) is 5.38 Å². The molecule has 120 valence electrons. The van der Waals surface area contributed by atoms with E-state index in [9.17, 15) is 0 Å². The molecule has 0 heterocycles. The summed E-state index contributed by atoms with van der Waals surface area (Å²) in [6.07, 6.45) is 19.7. The quantitative estimate of drug-likeness (QED) is 0.276. The molecule has 1 aliphatic carbocycles. The van der Waals surface area contributed by atoms with Crippen molar-refractivity contribution in [3.63, 3.8) is 0 Å². The van der Waals surface area contributed by atoms with Gasteiger partial charge in [-0.2, -0.15) is 0 Å². The zero-order valence-electron chi connectivity index (χ0n) is 14.0. The van der Waals surface area contributed by atoms with Gasteiger partial charge >= 0.3 is 0 Å². The van der Waals surface area contributed by atoms with Gasteiger partial charge in [0.2, 0.25) is 0 Å². The van der Waals surface area contributed by atoms with Crippen LogP contribution in [0, 0.1) is 11.8 Å². The molecular weight excluding hydrogens is 264 g/mol. The molecule has 0 spiro atoms. The van der Waals surface area contributed by atoms with Gasteiger partial charge in [-0.05, 0) is 37.5 Å². The van der Waals surface area contributed by atoms with Gasteiger partial charge in [0.05, 0.1) is 0 Å². The third-order valence-corrected chi connectivity index (χ3v) is 5.70. The topological polar surface area (TPSA) is 0 Å². The molecule has 0 aromatic heterocycles. The zero-order valence-corrected chi connectivity index (χ0v) is 14.8. The van der Waals surface area contributed by atoms with Crippen LogP contribution in [0.15, 0.2) is 0 Å². The summed E-state index contributed by atoms with van der Waals surface area (Å²) in [5.74, 6) is 1.80. The van der Waals surface area contributed by atoms with Crippen LogP contribution in [0.25, 0.3) is 0 Å². The third-order valence-electron chi connectivity index (χ3n) is 5.12. The Kier molecular flexibility index (Phi) is 10.9. The highest BCUT2D eigenvalue weighted by Crippen LogP contribution is 2.37. The molecule has 3 atom stereocenters. The summed E-state index contributed by atoms with van der Waals surface area (Å²) < 4.78 is 0. The lowest BCUT2D eigenvalue weighted by molar-refractivity contribution is 0.243. The van der Waals surface area contributed by atoms with Gasteiger partial charge < -0.3 is 0 Å². The Morgan fingerprint density at radius 2 is 1.40 bits per heavy atom. The largest absolute Gasteiger partial charge is 0.123 e. The number of hydrogen-bond donors (Lipinski definition) is 0. The maximum atomic E-state index is 6.55. The van der Waals surface area contributed by atoms with E-state index in [4.69, 9.17) is 11.6 Å². The average Bonchev–Trinajstić information content (AvgIpc) is 2.45. The second-order valence-electron chi connectivity index (χ2n) is 7.01. The summed E-state index contributed by atoms with van der Waals surface area (Å²) in [5.41, 5.74) is 0. The first-order valence-corrected chi connectivity index (χ1v) is 9.85. The van der Waals surface area contributed by atoms with Gasteiger partial charge in [-0.15, -0.1) is 11.6 Å². The van der Waals surface area contributed by atoms with E-state index in [-0.39, 0.29) is 0 Å². The van der Waals surface area contributed by atoms with Crippen LogP contribution in [0.1, 0.15) is 104 Å². The van der Waals surface area contributed by atoms with Crippen molar-refractivity contribution in [2.45, 2.75) is 109 Å². The van der Waals surface area contributed by atoms with Gasteiger partial charge in [-0.3, -0.25) is 0 Å². The minimum absolute atomic E-state index is 0.479. The van der Waals surface area contributed by atoms with Gasteiger partial charge in [0.25, 0.3) is 0 Å². The molecule has 0 N–H and O–H groups in total. The molecule has 0 amide bonds. The molecule has 0 radical (unpaired) electrons. The highest BCUT2D eigenvalue weighted by molar-refractivity contribution is 6.20. The van der Waals surface area contributed by atoms with Crippen molar-refractivity contribution >= 4 is 11.6 Å². The summed E-state index contributed by atoms with van der Waals surface area (Å²) in [5, 5.41) is 0.479. The number of alkyl halides is 1. The Balaban J connectivity index is 2.02. The summed E-state index contributed by atoms with van der Waals surface area (Å²) >= 11 is 6.55. The Morgan fingerprint density at radius 3 is 2.05 bits per heavy atom. The van der Waals surface area contributed by atoms with Crippen LogP contribution in [0.2, 0.25) is 0 Å². The van der Waals surface area contributed by atoms with Crippen LogP contribution in [0.3, 0.4) is 0 Å². The monoisotopic (exact) mass is 300 g/mol. The Bertz CT molecular complexity index is 214. The average molecular weight is 301 g/mol. The van der Waals surface area contributed by atoms with Crippen molar-refractivity contribution in [1.82, 2.24) is 0 Å². The molecule has 1 aliphatic rings. The first-order valence-electron chi connectivity index (χ1n) is 9.42. The molecule has 0 nitrogen and oxygen atoms in total. The summed E-state index contributed by atoms with van der Waals surface area (Å²) in [6.45, 7) is 4.61. The van der Waals surface area contributed by atoms with Gasteiger partial charge in [0, 0.05) is 5.38 Å². The Hall–Kier alpha value is 0.290. The van der Waals surface area contributed by atoms with Gasteiger partial charge in [-0.25, -0.2) is 0 Å². The molecular formula is C19H37Cl. The van der Waals surface area contributed by atoms with E-state index in [2.05, 4.69) is 13.8 Å². The van der Waals surface area contributed by atoms with Gasteiger partial charge in [0.1, 0.15) is 0 Å². The zero-order chi connectivity index (χ0) is 14.6. The molecule has 0 saturated heterocycles. The molecule has 1 heteroatoms. The van der Waals surface area contributed by atoms with Crippen LogP contribution in [0.4, 0.5) is 0 Å². The fraction of sp³-hybridized carbons (Fsp3) is 1.00. The lowest BCUT2D eigenvalue weighted by Crippen LogP contribution is -2.25. The molecule has 0 aliphatic heterocycles. The van der Waals surface area contributed by atoms with Crippen LogP contribution in [-0.4, -0.2) is 5.38 Å². The smallest absolute Gasteiger partial charge is 0.0364 e. The fourth-order valence-corrected chi connectivity index (χ4v) is 4.19. The van der Waals surface area contributed by atoms with Crippen molar-refractivity contribution in [1.29, 1.82) is 0 Å². The highest BCUT2D eigenvalue weighted by Gasteiger charge is 2.28. The third kappa shape index (κ3) is 7.91. The SMILES string of the molecule is CCCCCCCCCCC1CC(CCC)CCC1Cl. The molecule has 1 saturated carbocycles. The molecule has 3 unspecified atom stereocenters. The standard InChI is InChI=1S/C19H37Cl/c1-3-5-6-7-8-9-10-11-13-18-16-17(12-4-2)14-15-19(18)20/h17-19H,3-16H2,1-2H3.